The number of hydrogen-bond acceptors (Lipinski definition) is 6. The Labute approximate surface area is 172 Å². The molecule has 4 rings (SSSR count). The maximum absolute atomic E-state index is 13.3. The molecule has 0 bridgehead atoms. The lowest BCUT2D eigenvalue weighted by Crippen LogP contribution is -2.53. The quantitative estimate of drug-likeness (QED) is 0.860. The van der Waals surface area contributed by atoms with Gasteiger partial charge in [-0.1, -0.05) is 12.1 Å². The minimum atomic E-state index is -0.0337. The first kappa shape index (κ1) is 20.0. The van der Waals surface area contributed by atoms with Crippen LogP contribution in [0.2, 0.25) is 0 Å². The van der Waals surface area contributed by atoms with Crippen molar-refractivity contribution >= 4 is 16.7 Å². The summed E-state index contributed by atoms with van der Waals surface area (Å²) in [6.45, 7) is 7.62. The number of benzene rings is 1. The second kappa shape index (κ2) is 8.58. The lowest BCUT2D eigenvalue weighted by molar-refractivity contribution is -0.129. The summed E-state index contributed by atoms with van der Waals surface area (Å²) in [7, 11) is 2.14. The fraction of sp³-hybridized carbons (Fsp3) is 0.522. The van der Waals surface area contributed by atoms with Crippen LogP contribution < -0.4 is 5.32 Å². The van der Waals surface area contributed by atoms with Gasteiger partial charge in [0.2, 0.25) is 0 Å². The fourth-order valence-electron chi connectivity index (χ4n) is 4.77. The molecule has 1 aromatic heterocycles. The molecule has 1 aromatic carbocycles. The molecular weight excluding hydrogens is 362 g/mol. The molecule has 6 nitrogen and oxygen atoms in total. The van der Waals surface area contributed by atoms with Crippen molar-refractivity contribution in [3.63, 3.8) is 0 Å². The summed E-state index contributed by atoms with van der Waals surface area (Å²) in [6, 6.07) is 10.1. The molecule has 0 spiro atoms. The van der Waals surface area contributed by atoms with Gasteiger partial charge in [0.15, 0.2) is 5.78 Å². The average Bonchev–Trinajstić information content (AvgIpc) is 2.78. The molecule has 3 atom stereocenters. The van der Waals surface area contributed by atoms with Crippen LogP contribution in [-0.4, -0.2) is 72.9 Å². The van der Waals surface area contributed by atoms with E-state index >= 15 is 0 Å². The van der Waals surface area contributed by atoms with E-state index in [9.17, 15) is 10.1 Å². The Hall–Kier alpha value is -2.33. The Kier molecular flexibility index (Phi) is 5.91. The van der Waals surface area contributed by atoms with Gasteiger partial charge in [0.1, 0.15) is 6.07 Å². The molecule has 2 aromatic rings. The van der Waals surface area contributed by atoms with Gasteiger partial charge in [-0.3, -0.25) is 14.7 Å². The number of carbonyl (C=O) groups excluding carboxylic acids is 1. The minimum absolute atomic E-state index is 0.0192. The van der Waals surface area contributed by atoms with Crippen molar-refractivity contribution in [2.45, 2.75) is 25.3 Å². The highest BCUT2D eigenvalue weighted by Gasteiger charge is 2.34. The van der Waals surface area contributed by atoms with Crippen molar-refractivity contribution in [2.75, 3.05) is 46.3 Å². The van der Waals surface area contributed by atoms with Crippen LogP contribution in [0.25, 0.3) is 10.9 Å². The molecule has 2 aliphatic rings. The van der Waals surface area contributed by atoms with Crippen LogP contribution in [0, 0.1) is 17.2 Å². The summed E-state index contributed by atoms with van der Waals surface area (Å²) in [5.41, 5.74) is 2.54. The number of piperazine rings is 1. The lowest BCUT2D eigenvalue weighted by atomic mass is 9.80. The second-order valence-electron chi connectivity index (χ2n) is 8.42. The monoisotopic (exact) mass is 391 g/mol. The van der Waals surface area contributed by atoms with Crippen LogP contribution >= 0.6 is 0 Å². The molecule has 0 radical (unpaired) electrons. The lowest BCUT2D eigenvalue weighted by Gasteiger charge is -2.38. The molecule has 0 saturated carbocycles. The number of nitrogens with zero attached hydrogens (tertiary/aromatic N) is 4. The van der Waals surface area contributed by atoms with Gasteiger partial charge in [0.25, 0.3) is 0 Å². The van der Waals surface area contributed by atoms with E-state index in [0.29, 0.717) is 11.3 Å². The number of pyridine rings is 1. The minimum Gasteiger partial charge on any atom is -0.315 e. The van der Waals surface area contributed by atoms with Gasteiger partial charge < -0.3 is 10.2 Å². The number of Topliss-reactive ketones (excluding diaryl/α,β-unsaturated/α-hetero) is 1. The third-order valence-corrected chi connectivity index (χ3v) is 6.61. The number of likely N-dealkylation sites (N-methyl/N-ethyl adjacent to an activating group) is 1. The molecule has 29 heavy (non-hydrogen) atoms. The van der Waals surface area contributed by atoms with Crippen LogP contribution in [0.15, 0.2) is 30.5 Å². The molecule has 3 heterocycles. The Morgan fingerprint density at radius 3 is 2.79 bits per heavy atom. The average molecular weight is 392 g/mol. The molecule has 2 aliphatic heterocycles. The van der Waals surface area contributed by atoms with E-state index in [-0.39, 0.29) is 17.9 Å². The van der Waals surface area contributed by atoms with E-state index in [1.807, 2.05) is 24.3 Å². The first-order valence-corrected chi connectivity index (χ1v) is 10.5. The van der Waals surface area contributed by atoms with Crippen molar-refractivity contribution in [3.8, 4) is 6.07 Å². The topological polar surface area (TPSA) is 72.3 Å². The van der Waals surface area contributed by atoms with Crippen LogP contribution in [0.3, 0.4) is 0 Å². The molecule has 0 aliphatic carbocycles. The number of piperidine rings is 1. The molecule has 1 N–H and O–H groups in total. The van der Waals surface area contributed by atoms with E-state index in [2.05, 4.69) is 40.1 Å². The SMILES string of the molecule is C[C@@H](C(=O)[C@H]1CNC[C@@H](c2ccc(C#N)c3ncccc23)C1)N1CCN(C)CC1. The zero-order valence-corrected chi connectivity index (χ0v) is 17.3. The summed E-state index contributed by atoms with van der Waals surface area (Å²) >= 11 is 0. The van der Waals surface area contributed by atoms with Gasteiger partial charge in [0, 0.05) is 56.8 Å². The van der Waals surface area contributed by atoms with Crippen LogP contribution in [-0.2, 0) is 4.79 Å². The zero-order chi connectivity index (χ0) is 20.4. The third-order valence-electron chi connectivity index (χ3n) is 6.61. The summed E-state index contributed by atoms with van der Waals surface area (Å²) < 4.78 is 0. The number of nitriles is 1. The van der Waals surface area contributed by atoms with Crippen molar-refractivity contribution in [2.24, 2.45) is 5.92 Å². The van der Waals surface area contributed by atoms with Crippen LogP contribution in [0.1, 0.15) is 30.4 Å². The highest BCUT2D eigenvalue weighted by atomic mass is 16.1. The van der Waals surface area contributed by atoms with Crippen molar-refractivity contribution in [1.29, 1.82) is 5.26 Å². The summed E-state index contributed by atoms with van der Waals surface area (Å²) in [5, 5.41) is 13.9. The van der Waals surface area contributed by atoms with Gasteiger partial charge in [-0.05, 0) is 44.0 Å². The highest BCUT2D eigenvalue weighted by molar-refractivity contribution is 5.88. The summed E-state index contributed by atoms with van der Waals surface area (Å²) in [4.78, 5) is 22.3. The third kappa shape index (κ3) is 4.04. The zero-order valence-electron chi connectivity index (χ0n) is 17.3. The van der Waals surface area contributed by atoms with Gasteiger partial charge in [-0.2, -0.15) is 5.26 Å². The maximum Gasteiger partial charge on any atom is 0.154 e. The van der Waals surface area contributed by atoms with Crippen molar-refractivity contribution in [3.05, 3.63) is 41.6 Å². The number of hydrogen-bond donors (Lipinski definition) is 1. The number of nitrogens with one attached hydrogen (secondary N) is 1. The van der Waals surface area contributed by atoms with E-state index in [4.69, 9.17) is 0 Å². The molecule has 152 valence electrons. The predicted molar refractivity (Wildman–Crippen MR) is 114 cm³/mol. The molecule has 0 unspecified atom stereocenters. The second-order valence-corrected chi connectivity index (χ2v) is 8.42. The van der Waals surface area contributed by atoms with Gasteiger partial charge in [-0.15, -0.1) is 0 Å². The van der Waals surface area contributed by atoms with E-state index in [1.54, 1.807) is 6.20 Å². The van der Waals surface area contributed by atoms with Crippen molar-refractivity contribution in [1.82, 2.24) is 20.1 Å². The van der Waals surface area contributed by atoms with Gasteiger partial charge in [0.05, 0.1) is 17.1 Å². The smallest absolute Gasteiger partial charge is 0.154 e. The molecule has 2 saturated heterocycles. The van der Waals surface area contributed by atoms with Gasteiger partial charge in [-0.25, -0.2) is 0 Å². The normalized spacial score (nSPS) is 24.9. The molecular formula is C23H29N5O. The first-order valence-electron chi connectivity index (χ1n) is 10.5. The number of ketones is 1. The standard InChI is InChI=1S/C23H29N5O/c1-16(28-10-8-27(2)9-11-28)23(29)19-12-18(14-25-15-19)20-6-5-17(13-24)22-21(20)4-3-7-26-22/h3-7,16,18-19,25H,8-12,14-15H2,1-2H3/t16-,18-,19+/m0/s1. The largest absolute Gasteiger partial charge is 0.315 e. The highest BCUT2D eigenvalue weighted by Crippen LogP contribution is 2.33. The summed E-state index contributed by atoms with van der Waals surface area (Å²) in [6.07, 6.45) is 2.58. The Balaban J connectivity index is 1.52. The number of aromatic nitrogens is 1. The Morgan fingerprint density at radius 2 is 2.03 bits per heavy atom. The fourth-order valence-corrected chi connectivity index (χ4v) is 4.77. The molecule has 0 amide bonds. The van der Waals surface area contributed by atoms with E-state index < -0.39 is 0 Å². The summed E-state index contributed by atoms with van der Waals surface area (Å²) in [5.74, 6) is 0.616. The first-order chi connectivity index (χ1) is 14.1. The number of rotatable bonds is 4. The van der Waals surface area contributed by atoms with E-state index in [1.165, 1.54) is 5.56 Å². The Bertz CT molecular complexity index is 929. The van der Waals surface area contributed by atoms with E-state index in [0.717, 1.165) is 56.6 Å². The maximum atomic E-state index is 13.3. The van der Waals surface area contributed by atoms with Crippen LogP contribution in [0.4, 0.5) is 0 Å². The number of fused-ring (bicyclic) bond motifs is 1. The van der Waals surface area contributed by atoms with Crippen LogP contribution in [0.5, 0.6) is 0 Å². The van der Waals surface area contributed by atoms with Gasteiger partial charge >= 0.3 is 0 Å². The predicted octanol–water partition coefficient (Wildman–Crippen LogP) is 2.00. The molecule has 2 fully saturated rings. The van der Waals surface area contributed by atoms with Crippen molar-refractivity contribution < 1.29 is 4.79 Å². The number of carbonyl (C=O) groups is 1. The Morgan fingerprint density at radius 1 is 1.24 bits per heavy atom. The molecule has 6 heteroatoms.